The predicted octanol–water partition coefficient (Wildman–Crippen LogP) is 4.97. The molecule has 0 heteroatoms. The summed E-state index contributed by atoms with van der Waals surface area (Å²) in [5.41, 5.74) is 3.44. The highest BCUT2D eigenvalue weighted by Gasteiger charge is 2.37. The highest BCUT2D eigenvalue weighted by Crippen LogP contribution is 2.47. The molecule has 0 bridgehead atoms. The van der Waals surface area contributed by atoms with Crippen LogP contribution in [0.4, 0.5) is 0 Å². The van der Waals surface area contributed by atoms with Crippen molar-refractivity contribution in [3.05, 3.63) is 23.3 Å². The van der Waals surface area contributed by atoms with E-state index in [1.807, 2.05) is 0 Å². The minimum atomic E-state index is 0.412. The zero-order chi connectivity index (χ0) is 11.6. The maximum atomic E-state index is 2.43. The number of rotatable bonds is 3. The van der Waals surface area contributed by atoms with Gasteiger partial charge in [-0.15, -0.1) is 0 Å². The quantitative estimate of drug-likeness (QED) is 0.572. The van der Waals surface area contributed by atoms with Crippen molar-refractivity contribution in [1.29, 1.82) is 0 Å². The Bertz CT molecular complexity index is 274. The Morgan fingerprint density at radius 3 is 2.53 bits per heavy atom. The molecular weight excluding hydrogens is 180 g/mol. The van der Waals surface area contributed by atoms with E-state index in [2.05, 4.69) is 53.7 Å². The Hall–Kier alpha value is -0.520. The van der Waals surface area contributed by atoms with E-state index in [1.54, 1.807) is 5.57 Å². The first kappa shape index (κ1) is 12.5. The van der Waals surface area contributed by atoms with Gasteiger partial charge in [-0.3, -0.25) is 0 Å². The minimum Gasteiger partial charge on any atom is -0.0856 e. The summed E-state index contributed by atoms with van der Waals surface area (Å²) >= 11 is 0. The Morgan fingerprint density at radius 1 is 1.53 bits per heavy atom. The third kappa shape index (κ3) is 2.74. The Balaban J connectivity index is 2.63. The molecule has 0 nitrogen and oxygen atoms in total. The summed E-state index contributed by atoms with van der Waals surface area (Å²) in [4.78, 5) is 0. The standard InChI is InChI=1S/C15H26/c1-11(2)7-8-12(3)14-10-9-13(4)15(14,5)6/h7,9,12,14H,8,10H2,1-6H3. The van der Waals surface area contributed by atoms with Crippen LogP contribution in [0.25, 0.3) is 0 Å². The lowest BCUT2D eigenvalue weighted by molar-refractivity contribution is 0.210. The Kier molecular flexibility index (Phi) is 3.81. The molecule has 0 aromatic heterocycles. The van der Waals surface area contributed by atoms with Crippen molar-refractivity contribution < 1.29 is 0 Å². The van der Waals surface area contributed by atoms with E-state index < -0.39 is 0 Å². The van der Waals surface area contributed by atoms with Gasteiger partial charge in [-0.25, -0.2) is 0 Å². The van der Waals surface area contributed by atoms with E-state index in [-0.39, 0.29) is 0 Å². The molecule has 0 N–H and O–H groups in total. The van der Waals surface area contributed by atoms with Gasteiger partial charge in [0.15, 0.2) is 0 Å². The minimum absolute atomic E-state index is 0.412. The number of hydrogen-bond acceptors (Lipinski definition) is 0. The van der Waals surface area contributed by atoms with E-state index in [1.165, 1.54) is 18.4 Å². The van der Waals surface area contributed by atoms with Crippen molar-refractivity contribution >= 4 is 0 Å². The van der Waals surface area contributed by atoms with Gasteiger partial charge in [0.2, 0.25) is 0 Å². The van der Waals surface area contributed by atoms with Gasteiger partial charge in [-0.1, -0.05) is 44.1 Å². The van der Waals surface area contributed by atoms with Gasteiger partial charge in [-0.2, -0.15) is 0 Å². The summed E-state index contributed by atoms with van der Waals surface area (Å²) < 4.78 is 0. The topological polar surface area (TPSA) is 0 Å². The molecule has 0 radical (unpaired) electrons. The summed E-state index contributed by atoms with van der Waals surface area (Å²) in [5.74, 6) is 1.62. The van der Waals surface area contributed by atoms with E-state index >= 15 is 0 Å². The average molecular weight is 206 g/mol. The fourth-order valence-corrected chi connectivity index (χ4v) is 2.68. The molecule has 1 rings (SSSR count). The lowest BCUT2D eigenvalue weighted by Gasteiger charge is -2.34. The average Bonchev–Trinajstić information content (AvgIpc) is 2.38. The van der Waals surface area contributed by atoms with Gasteiger partial charge in [0.1, 0.15) is 0 Å². The SMILES string of the molecule is CC(C)=CCC(C)C1CC=C(C)C1(C)C. The molecule has 0 amide bonds. The molecule has 0 aromatic rings. The van der Waals surface area contributed by atoms with Crippen molar-refractivity contribution in [2.75, 3.05) is 0 Å². The molecule has 1 aliphatic rings. The lowest BCUT2D eigenvalue weighted by Crippen LogP contribution is -2.26. The maximum Gasteiger partial charge on any atom is -0.0114 e. The molecule has 86 valence electrons. The van der Waals surface area contributed by atoms with Crippen molar-refractivity contribution in [1.82, 2.24) is 0 Å². The molecule has 0 aliphatic heterocycles. The Labute approximate surface area is 95.5 Å². The highest BCUT2D eigenvalue weighted by atomic mass is 14.4. The monoisotopic (exact) mass is 206 g/mol. The molecule has 0 aromatic carbocycles. The largest absolute Gasteiger partial charge is 0.0856 e. The van der Waals surface area contributed by atoms with Crippen LogP contribution in [-0.4, -0.2) is 0 Å². The van der Waals surface area contributed by atoms with Crippen LogP contribution in [0.5, 0.6) is 0 Å². The van der Waals surface area contributed by atoms with E-state index in [9.17, 15) is 0 Å². The van der Waals surface area contributed by atoms with Crippen LogP contribution in [0, 0.1) is 17.3 Å². The summed E-state index contributed by atoms with van der Waals surface area (Å²) in [5, 5.41) is 0. The van der Waals surface area contributed by atoms with Gasteiger partial charge in [-0.05, 0) is 50.9 Å². The van der Waals surface area contributed by atoms with Crippen LogP contribution in [0.15, 0.2) is 23.3 Å². The molecule has 0 saturated heterocycles. The molecular formula is C15H26. The van der Waals surface area contributed by atoms with Crippen LogP contribution in [0.2, 0.25) is 0 Å². The summed E-state index contributed by atoms with van der Waals surface area (Å²) in [7, 11) is 0. The van der Waals surface area contributed by atoms with Crippen molar-refractivity contribution in [3.8, 4) is 0 Å². The Morgan fingerprint density at radius 2 is 2.13 bits per heavy atom. The number of hydrogen-bond donors (Lipinski definition) is 0. The lowest BCUT2D eigenvalue weighted by atomic mass is 9.71. The first-order chi connectivity index (χ1) is 6.85. The third-order valence-corrected chi connectivity index (χ3v) is 4.21. The molecule has 2 atom stereocenters. The molecule has 1 aliphatic carbocycles. The van der Waals surface area contributed by atoms with Gasteiger partial charge >= 0.3 is 0 Å². The zero-order valence-electron chi connectivity index (χ0n) is 11.2. The van der Waals surface area contributed by atoms with E-state index in [0.717, 1.165) is 11.8 Å². The van der Waals surface area contributed by atoms with Gasteiger partial charge in [0.05, 0.1) is 0 Å². The molecule has 0 spiro atoms. The molecule has 0 fully saturated rings. The van der Waals surface area contributed by atoms with Crippen LogP contribution >= 0.6 is 0 Å². The molecule has 15 heavy (non-hydrogen) atoms. The first-order valence-corrected chi connectivity index (χ1v) is 6.16. The number of allylic oxidation sites excluding steroid dienone is 4. The summed E-state index contributed by atoms with van der Waals surface area (Å²) in [6, 6.07) is 0. The van der Waals surface area contributed by atoms with Crippen LogP contribution < -0.4 is 0 Å². The van der Waals surface area contributed by atoms with Gasteiger partial charge in [0.25, 0.3) is 0 Å². The normalized spacial score (nSPS) is 26.0. The van der Waals surface area contributed by atoms with E-state index in [0.29, 0.717) is 5.41 Å². The van der Waals surface area contributed by atoms with Crippen molar-refractivity contribution in [2.45, 2.75) is 54.4 Å². The van der Waals surface area contributed by atoms with Crippen molar-refractivity contribution in [3.63, 3.8) is 0 Å². The second kappa shape index (κ2) is 4.55. The van der Waals surface area contributed by atoms with Gasteiger partial charge < -0.3 is 0 Å². The van der Waals surface area contributed by atoms with Crippen molar-refractivity contribution in [2.24, 2.45) is 17.3 Å². The van der Waals surface area contributed by atoms with Crippen LogP contribution in [0.3, 0.4) is 0 Å². The van der Waals surface area contributed by atoms with E-state index in [4.69, 9.17) is 0 Å². The van der Waals surface area contributed by atoms with Gasteiger partial charge in [0, 0.05) is 0 Å². The second-order valence-corrected chi connectivity index (χ2v) is 5.95. The fourth-order valence-electron chi connectivity index (χ4n) is 2.68. The second-order valence-electron chi connectivity index (χ2n) is 5.95. The fraction of sp³-hybridized carbons (Fsp3) is 0.733. The first-order valence-electron chi connectivity index (χ1n) is 6.16. The van der Waals surface area contributed by atoms with Crippen LogP contribution in [0.1, 0.15) is 54.4 Å². The predicted molar refractivity (Wildman–Crippen MR) is 68.9 cm³/mol. The van der Waals surface area contributed by atoms with Crippen LogP contribution in [-0.2, 0) is 0 Å². The molecule has 0 saturated carbocycles. The zero-order valence-corrected chi connectivity index (χ0v) is 11.2. The molecule has 0 heterocycles. The summed E-state index contributed by atoms with van der Waals surface area (Å²) in [6.07, 6.45) is 7.33. The third-order valence-electron chi connectivity index (χ3n) is 4.21. The molecule has 2 unspecified atom stereocenters. The summed E-state index contributed by atoms with van der Waals surface area (Å²) in [6.45, 7) is 13.9. The maximum absolute atomic E-state index is 2.43. The highest BCUT2D eigenvalue weighted by molar-refractivity contribution is 5.19. The smallest absolute Gasteiger partial charge is 0.0114 e.